The third-order valence-electron chi connectivity index (χ3n) is 3.58. The van der Waals surface area contributed by atoms with Crippen LogP contribution in [0, 0.1) is 11.7 Å². The lowest BCUT2D eigenvalue weighted by Gasteiger charge is -2.30. The molecule has 6 heteroatoms. The average molecular weight is 293 g/mol. The van der Waals surface area contributed by atoms with E-state index in [-0.39, 0.29) is 5.82 Å². The van der Waals surface area contributed by atoms with Crippen LogP contribution in [0.5, 0.6) is 0 Å². The van der Waals surface area contributed by atoms with Crippen molar-refractivity contribution in [2.75, 3.05) is 13.1 Å². The molecular weight excluding hydrogens is 277 g/mol. The zero-order chi connectivity index (χ0) is 13.9. The zero-order valence-electron chi connectivity index (χ0n) is 11.2. The Bertz CT molecular complexity index is 568. The van der Waals surface area contributed by atoms with Gasteiger partial charge in [0.2, 0.25) is 5.89 Å². The van der Waals surface area contributed by atoms with Crippen LogP contribution in [-0.2, 0) is 5.75 Å². The maximum absolute atomic E-state index is 12.8. The summed E-state index contributed by atoms with van der Waals surface area (Å²) in [7, 11) is 0. The van der Waals surface area contributed by atoms with Gasteiger partial charge in [-0.15, -0.1) is 11.8 Å². The van der Waals surface area contributed by atoms with Crippen molar-refractivity contribution in [3.63, 3.8) is 0 Å². The van der Waals surface area contributed by atoms with Gasteiger partial charge in [0.15, 0.2) is 5.82 Å². The van der Waals surface area contributed by atoms with Gasteiger partial charge < -0.3 is 9.84 Å². The highest BCUT2D eigenvalue weighted by molar-refractivity contribution is 7.98. The van der Waals surface area contributed by atoms with E-state index in [1.165, 1.54) is 12.1 Å². The molecule has 2 aromatic rings. The topological polar surface area (TPSA) is 51.0 Å². The molecule has 1 fully saturated rings. The number of thioether (sulfide) groups is 1. The second kappa shape index (κ2) is 5.93. The van der Waals surface area contributed by atoms with Crippen LogP contribution < -0.4 is 5.32 Å². The van der Waals surface area contributed by atoms with Crippen LogP contribution >= 0.6 is 11.8 Å². The molecule has 2 heterocycles. The molecule has 1 N–H and O–H groups in total. The summed E-state index contributed by atoms with van der Waals surface area (Å²) >= 11 is 1.57. The first kappa shape index (κ1) is 13.6. The number of rotatable bonds is 5. The normalized spacial score (nSPS) is 16.9. The zero-order valence-corrected chi connectivity index (χ0v) is 12.0. The van der Waals surface area contributed by atoms with E-state index in [2.05, 4.69) is 22.4 Å². The van der Waals surface area contributed by atoms with E-state index >= 15 is 0 Å². The molecule has 0 radical (unpaired) electrons. The van der Waals surface area contributed by atoms with Crippen LogP contribution in [0.25, 0.3) is 0 Å². The van der Waals surface area contributed by atoms with Gasteiger partial charge in [-0.1, -0.05) is 12.1 Å². The fraction of sp³-hybridized carbons (Fsp3) is 0.429. The lowest BCUT2D eigenvalue weighted by Crippen LogP contribution is -2.44. The van der Waals surface area contributed by atoms with Crippen molar-refractivity contribution in [2.24, 2.45) is 5.92 Å². The van der Waals surface area contributed by atoms with E-state index in [1.807, 2.05) is 0 Å². The first-order chi connectivity index (χ1) is 9.72. The van der Waals surface area contributed by atoms with Crippen LogP contribution in [0.15, 0.2) is 33.7 Å². The second-order valence-corrected chi connectivity index (χ2v) is 6.05. The molecule has 1 aliphatic rings. The first-order valence-corrected chi connectivity index (χ1v) is 7.62. The number of benzene rings is 1. The SMILES string of the molecule is CC(c1nc(CSc2ccc(F)cc2)no1)C1CNC1. The molecule has 106 valence electrons. The van der Waals surface area contributed by atoms with Crippen molar-refractivity contribution in [1.29, 1.82) is 0 Å². The predicted octanol–water partition coefficient (Wildman–Crippen LogP) is 2.82. The van der Waals surface area contributed by atoms with Gasteiger partial charge in [0, 0.05) is 10.8 Å². The van der Waals surface area contributed by atoms with Crippen molar-refractivity contribution in [3.05, 3.63) is 41.8 Å². The van der Waals surface area contributed by atoms with Crippen molar-refractivity contribution in [1.82, 2.24) is 15.5 Å². The quantitative estimate of drug-likeness (QED) is 0.859. The Morgan fingerprint density at radius 3 is 2.80 bits per heavy atom. The van der Waals surface area contributed by atoms with Crippen molar-refractivity contribution < 1.29 is 8.91 Å². The summed E-state index contributed by atoms with van der Waals surface area (Å²) in [6, 6.07) is 6.42. The highest BCUT2D eigenvalue weighted by Gasteiger charge is 2.28. The Hall–Kier alpha value is -1.40. The molecule has 1 unspecified atom stereocenters. The fourth-order valence-electron chi connectivity index (χ4n) is 2.06. The molecule has 0 amide bonds. The molecule has 0 bridgehead atoms. The molecule has 3 rings (SSSR count). The van der Waals surface area contributed by atoms with Gasteiger partial charge >= 0.3 is 0 Å². The Morgan fingerprint density at radius 2 is 2.15 bits per heavy atom. The summed E-state index contributed by atoms with van der Waals surface area (Å²) < 4.78 is 18.1. The molecular formula is C14H16FN3OS. The van der Waals surface area contributed by atoms with E-state index in [0.717, 1.165) is 18.0 Å². The Kier molecular flexibility index (Phi) is 4.03. The maximum Gasteiger partial charge on any atom is 0.229 e. The standard InChI is InChI=1S/C14H16FN3OS/c1-9(10-6-16-7-10)14-17-13(18-19-14)8-20-12-4-2-11(15)3-5-12/h2-5,9-10,16H,6-8H2,1H3. The van der Waals surface area contributed by atoms with Crippen molar-refractivity contribution in [2.45, 2.75) is 23.5 Å². The minimum absolute atomic E-state index is 0.223. The van der Waals surface area contributed by atoms with Crippen LogP contribution in [-0.4, -0.2) is 23.2 Å². The Labute approximate surface area is 121 Å². The van der Waals surface area contributed by atoms with Crippen LogP contribution in [0.3, 0.4) is 0 Å². The lowest BCUT2D eigenvalue weighted by atomic mass is 9.89. The van der Waals surface area contributed by atoms with Gasteiger partial charge in [-0.25, -0.2) is 4.39 Å². The minimum atomic E-state index is -0.223. The highest BCUT2D eigenvalue weighted by Crippen LogP contribution is 2.27. The van der Waals surface area contributed by atoms with Gasteiger partial charge in [0.1, 0.15) is 5.82 Å². The molecule has 0 saturated carbocycles. The Morgan fingerprint density at radius 1 is 1.40 bits per heavy atom. The lowest BCUT2D eigenvalue weighted by molar-refractivity contribution is 0.252. The van der Waals surface area contributed by atoms with E-state index in [4.69, 9.17) is 4.52 Å². The first-order valence-electron chi connectivity index (χ1n) is 6.64. The third kappa shape index (κ3) is 3.02. The number of aromatic nitrogens is 2. The molecule has 4 nitrogen and oxygen atoms in total. The molecule has 1 saturated heterocycles. The predicted molar refractivity (Wildman–Crippen MR) is 75.0 cm³/mol. The summed E-state index contributed by atoms with van der Waals surface area (Å²) in [6.07, 6.45) is 0. The number of nitrogens with one attached hydrogen (secondary N) is 1. The van der Waals surface area contributed by atoms with Crippen LogP contribution in [0.1, 0.15) is 24.6 Å². The summed E-state index contributed by atoms with van der Waals surface area (Å²) in [5.41, 5.74) is 0. The maximum atomic E-state index is 12.8. The largest absolute Gasteiger partial charge is 0.339 e. The summed E-state index contributed by atoms with van der Waals surface area (Å²) in [5, 5.41) is 7.25. The smallest absolute Gasteiger partial charge is 0.229 e. The average Bonchev–Trinajstić information content (AvgIpc) is 2.85. The van der Waals surface area contributed by atoms with Gasteiger partial charge in [-0.05, 0) is 43.3 Å². The fourth-order valence-corrected chi connectivity index (χ4v) is 2.80. The van der Waals surface area contributed by atoms with E-state index in [0.29, 0.717) is 29.3 Å². The van der Waals surface area contributed by atoms with E-state index in [1.54, 1.807) is 23.9 Å². The summed E-state index contributed by atoms with van der Waals surface area (Å²) in [4.78, 5) is 5.44. The number of nitrogens with zero attached hydrogens (tertiary/aromatic N) is 2. The number of hydrogen-bond donors (Lipinski definition) is 1. The monoisotopic (exact) mass is 293 g/mol. The molecule has 20 heavy (non-hydrogen) atoms. The van der Waals surface area contributed by atoms with Crippen LogP contribution in [0.2, 0.25) is 0 Å². The Balaban J connectivity index is 1.58. The summed E-state index contributed by atoms with van der Waals surface area (Å²) in [5.74, 6) is 2.70. The van der Waals surface area contributed by atoms with Crippen LogP contribution in [0.4, 0.5) is 4.39 Å². The summed E-state index contributed by atoms with van der Waals surface area (Å²) in [6.45, 7) is 4.16. The highest BCUT2D eigenvalue weighted by atomic mass is 32.2. The molecule has 1 aliphatic heterocycles. The molecule has 1 atom stereocenters. The molecule has 1 aromatic carbocycles. The van der Waals surface area contributed by atoms with E-state index < -0.39 is 0 Å². The van der Waals surface area contributed by atoms with Gasteiger partial charge in [-0.3, -0.25) is 0 Å². The number of hydrogen-bond acceptors (Lipinski definition) is 5. The van der Waals surface area contributed by atoms with Crippen molar-refractivity contribution in [3.8, 4) is 0 Å². The number of halogens is 1. The minimum Gasteiger partial charge on any atom is -0.339 e. The molecule has 1 aromatic heterocycles. The van der Waals surface area contributed by atoms with Gasteiger partial charge in [0.25, 0.3) is 0 Å². The van der Waals surface area contributed by atoms with Gasteiger partial charge in [-0.2, -0.15) is 4.98 Å². The van der Waals surface area contributed by atoms with Crippen molar-refractivity contribution >= 4 is 11.8 Å². The van der Waals surface area contributed by atoms with Gasteiger partial charge in [0.05, 0.1) is 5.75 Å². The molecule has 0 aliphatic carbocycles. The van der Waals surface area contributed by atoms with E-state index in [9.17, 15) is 4.39 Å². The third-order valence-corrected chi connectivity index (χ3v) is 4.58. The second-order valence-electron chi connectivity index (χ2n) is 5.00. The molecule has 0 spiro atoms.